The molecule has 0 spiro atoms. The summed E-state index contributed by atoms with van der Waals surface area (Å²) in [5.74, 6) is 0. The summed E-state index contributed by atoms with van der Waals surface area (Å²) in [5, 5.41) is 9.13. The van der Waals surface area contributed by atoms with Crippen LogP contribution in [0.25, 0.3) is 10.9 Å². The molecule has 0 bridgehead atoms. The Kier molecular flexibility index (Phi) is 4.07. The summed E-state index contributed by atoms with van der Waals surface area (Å²) in [6.45, 7) is 2.20. The maximum atomic E-state index is 4.53. The molecule has 2 aromatic rings. The van der Waals surface area contributed by atoms with E-state index in [9.17, 15) is 0 Å². The maximum Gasteiger partial charge on any atom is 0.0686 e. The number of aromatic nitrogens is 2. The molecule has 0 aliphatic carbocycles. The van der Waals surface area contributed by atoms with Crippen molar-refractivity contribution in [3.63, 3.8) is 0 Å². The second-order valence-corrected chi connectivity index (χ2v) is 5.19. The van der Waals surface area contributed by atoms with E-state index >= 15 is 0 Å². The zero-order valence-corrected chi connectivity index (χ0v) is 11.8. The van der Waals surface area contributed by atoms with E-state index in [0.29, 0.717) is 6.04 Å². The van der Waals surface area contributed by atoms with Gasteiger partial charge < -0.3 is 5.32 Å². The fraction of sp³-hybridized carbons (Fsp3) is 0.417. The van der Waals surface area contributed by atoms with Gasteiger partial charge in [0.15, 0.2) is 0 Å². The number of hydrogen-bond acceptors (Lipinski definition) is 2. The molecule has 3 rings (SSSR count). The maximum absolute atomic E-state index is 4.53. The molecule has 5 heteroatoms. The van der Waals surface area contributed by atoms with Crippen molar-refractivity contribution in [1.29, 1.82) is 0 Å². The molecule has 1 aromatic heterocycles. The van der Waals surface area contributed by atoms with Crippen molar-refractivity contribution in [2.24, 2.45) is 0 Å². The second-order valence-electron chi connectivity index (χ2n) is 4.27. The third-order valence-corrected chi connectivity index (χ3v) is 3.71. The molecule has 0 saturated carbocycles. The van der Waals surface area contributed by atoms with Crippen LogP contribution in [0.1, 0.15) is 18.9 Å². The standard InChI is InChI=1S/C12H14BrN3.ClH/c13-10-1-2-12-9(7-10)8-15-16(12)11-3-5-14-6-4-11;/h1-2,7-8,11,14H,3-6H2;1H. The van der Waals surface area contributed by atoms with Crippen LogP contribution in [-0.4, -0.2) is 22.9 Å². The van der Waals surface area contributed by atoms with Crippen molar-refractivity contribution in [2.45, 2.75) is 18.9 Å². The minimum atomic E-state index is 0. The van der Waals surface area contributed by atoms with Crippen LogP contribution in [0.15, 0.2) is 28.9 Å². The average Bonchev–Trinajstić information content (AvgIpc) is 2.73. The lowest BCUT2D eigenvalue weighted by Gasteiger charge is -2.23. The summed E-state index contributed by atoms with van der Waals surface area (Å²) in [6.07, 6.45) is 4.31. The molecule has 0 radical (unpaired) electrons. The van der Waals surface area contributed by atoms with Crippen molar-refractivity contribution < 1.29 is 0 Å². The largest absolute Gasteiger partial charge is 0.317 e. The first-order valence-electron chi connectivity index (χ1n) is 5.68. The highest BCUT2D eigenvalue weighted by Gasteiger charge is 2.17. The van der Waals surface area contributed by atoms with Gasteiger partial charge in [-0.1, -0.05) is 15.9 Å². The molecule has 0 amide bonds. The van der Waals surface area contributed by atoms with E-state index in [0.717, 1.165) is 17.6 Å². The predicted molar refractivity (Wildman–Crippen MR) is 75.8 cm³/mol. The molecule has 1 fully saturated rings. The van der Waals surface area contributed by atoms with E-state index < -0.39 is 0 Å². The minimum absolute atomic E-state index is 0. The number of nitrogens with one attached hydrogen (secondary N) is 1. The van der Waals surface area contributed by atoms with Crippen molar-refractivity contribution in [3.8, 4) is 0 Å². The van der Waals surface area contributed by atoms with Crippen LogP contribution in [-0.2, 0) is 0 Å². The summed E-state index contributed by atoms with van der Waals surface area (Å²) in [6, 6.07) is 6.91. The molecule has 1 aromatic carbocycles. The lowest BCUT2D eigenvalue weighted by molar-refractivity contribution is 0.351. The zero-order valence-electron chi connectivity index (χ0n) is 9.40. The van der Waals surface area contributed by atoms with Gasteiger partial charge in [-0.15, -0.1) is 12.4 Å². The summed E-state index contributed by atoms with van der Waals surface area (Å²) in [4.78, 5) is 0. The van der Waals surface area contributed by atoms with Gasteiger partial charge >= 0.3 is 0 Å². The first-order chi connectivity index (χ1) is 7.84. The Morgan fingerprint density at radius 2 is 2.06 bits per heavy atom. The minimum Gasteiger partial charge on any atom is -0.317 e. The number of benzene rings is 1. The van der Waals surface area contributed by atoms with E-state index in [2.05, 4.69) is 49.2 Å². The van der Waals surface area contributed by atoms with Crippen molar-refractivity contribution in [2.75, 3.05) is 13.1 Å². The number of rotatable bonds is 1. The Bertz CT molecular complexity index is 505. The molecule has 2 heterocycles. The molecule has 1 saturated heterocycles. The topological polar surface area (TPSA) is 29.9 Å². The van der Waals surface area contributed by atoms with Gasteiger partial charge in [-0.2, -0.15) is 5.10 Å². The molecular weight excluding hydrogens is 302 g/mol. The van der Waals surface area contributed by atoms with Crippen LogP contribution in [0, 0.1) is 0 Å². The third-order valence-electron chi connectivity index (χ3n) is 3.21. The lowest BCUT2D eigenvalue weighted by atomic mass is 10.1. The van der Waals surface area contributed by atoms with E-state index in [1.165, 1.54) is 23.7 Å². The molecule has 1 N–H and O–H groups in total. The highest BCUT2D eigenvalue weighted by molar-refractivity contribution is 9.10. The highest BCUT2D eigenvalue weighted by Crippen LogP contribution is 2.25. The number of halogens is 2. The first kappa shape index (κ1) is 12.9. The Balaban J connectivity index is 0.00000108. The Morgan fingerprint density at radius 3 is 2.82 bits per heavy atom. The van der Waals surface area contributed by atoms with E-state index in [-0.39, 0.29) is 12.4 Å². The van der Waals surface area contributed by atoms with Gasteiger partial charge in [-0.05, 0) is 44.1 Å². The smallest absolute Gasteiger partial charge is 0.0686 e. The molecule has 1 aliphatic heterocycles. The second kappa shape index (κ2) is 5.38. The molecule has 0 unspecified atom stereocenters. The fourth-order valence-corrected chi connectivity index (χ4v) is 2.75. The summed E-state index contributed by atoms with van der Waals surface area (Å²) in [7, 11) is 0. The third kappa shape index (κ3) is 2.49. The molecular formula is C12H15BrClN3. The van der Waals surface area contributed by atoms with Crippen LogP contribution in [0.3, 0.4) is 0 Å². The van der Waals surface area contributed by atoms with Crippen LogP contribution < -0.4 is 5.32 Å². The first-order valence-corrected chi connectivity index (χ1v) is 6.47. The van der Waals surface area contributed by atoms with Gasteiger partial charge in [-0.25, -0.2) is 0 Å². The van der Waals surface area contributed by atoms with Crippen LogP contribution >= 0.6 is 28.3 Å². The molecule has 3 nitrogen and oxygen atoms in total. The Labute approximate surface area is 115 Å². The van der Waals surface area contributed by atoms with Gasteiger partial charge in [0, 0.05) is 9.86 Å². The van der Waals surface area contributed by atoms with Gasteiger partial charge in [0.25, 0.3) is 0 Å². The summed E-state index contributed by atoms with van der Waals surface area (Å²) < 4.78 is 3.30. The van der Waals surface area contributed by atoms with Crippen LogP contribution in [0.4, 0.5) is 0 Å². The molecule has 1 aliphatic rings. The van der Waals surface area contributed by atoms with E-state index in [4.69, 9.17) is 0 Å². The van der Waals surface area contributed by atoms with Gasteiger partial charge in [0.1, 0.15) is 0 Å². The van der Waals surface area contributed by atoms with Crippen molar-refractivity contribution in [3.05, 3.63) is 28.9 Å². The number of nitrogens with zero attached hydrogens (tertiary/aromatic N) is 2. The molecule has 17 heavy (non-hydrogen) atoms. The SMILES string of the molecule is Brc1ccc2c(cnn2C2CCNCC2)c1.Cl. The quantitative estimate of drug-likeness (QED) is 0.876. The van der Waals surface area contributed by atoms with Crippen LogP contribution in [0.5, 0.6) is 0 Å². The Morgan fingerprint density at radius 1 is 1.29 bits per heavy atom. The van der Waals surface area contributed by atoms with Gasteiger partial charge in [0.05, 0.1) is 17.8 Å². The number of piperidine rings is 1. The monoisotopic (exact) mass is 315 g/mol. The predicted octanol–water partition coefficient (Wildman–Crippen LogP) is 3.15. The van der Waals surface area contributed by atoms with Crippen LogP contribution in [0.2, 0.25) is 0 Å². The number of hydrogen-bond donors (Lipinski definition) is 1. The zero-order chi connectivity index (χ0) is 11.0. The molecule has 0 atom stereocenters. The van der Waals surface area contributed by atoms with Gasteiger partial charge in [0.2, 0.25) is 0 Å². The summed E-state index contributed by atoms with van der Waals surface area (Å²) in [5.41, 5.74) is 1.25. The normalized spacial score (nSPS) is 17.0. The fourth-order valence-electron chi connectivity index (χ4n) is 2.37. The highest BCUT2D eigenvalue weighted by atomic mass is 79.9. The number of fused-ring (bicyclic) bond motifs is 1. The average molecular weight is 317 g/mol. The van der Waals surface area contributed by atoms with Gasteiger partial charge in [-0.3, -0.25) is 4.68 Å². The Hall–Kier alpha value is -0.580. The van der Waals surface area contributed by atoms with Crippen molar-refractivity contribution in [1.82, 2.24) is 15.1 Å². The van der Waals surface area contributed by atoms with E-state index in [1.807, 2.05) is 6.20 Å². The molecule has 92 valence electrons. The lowest BCUT2D eigenvalue weighted by Crippen LogP contribution is -2.29. The van der Waals surface area contributed by atoms with Crippen molar-refractivity contribution >= 4 is 39.2 Å². The summed E-state index contributed by atoms with van der Waals surface area (Å²) >= 11 is 3.49. The van der Waals surface area contributed by atoms with E-state index in [1.54, 1.807) is 0 Å².